The Morgan fingerprint density at radius 1 is 0.561 bits per heavy atom. The van der Waals surface area contributed by atoms with E-state index in [0.29, 0.717) is 17.1 Å². The van der Waals surface area contributed by atoms with E-state index in [2.05, 4.69) is 35.7 Å². The van der Waals surface area contributed by atoms with Crippen LogP contribution >= 0.6 is 0 Å². The molecule has 18 nitrogen and oxygen atoms in total. The van der Waals surface area contributed by atoms with Crippen LogP contribution in [0.25, 0.3) is 10.8 Å². The van der Waals surface area contributed by atoms with Crippen molar-refractivity contribution < 1.29 is 41.3 Å². The van der Waals surface area contributed by atoms with Crippen molar-refractivity contribution in [1.82, 2.24) is 0 Å². The smallest absolute Gasteiger partial charge is 0.296 e. The Morgan fingerprint density at radius 2 is 1.05 bits per heavy atom. The predicted molar refractivity (Wildman–Crippen MR) is 214 cm³/mol. The minimum Gasteiger partial charge on any atom is -0.508 e. The van der Waals surface area contributed by atoms with E-state index < -0.39 is 52.8 Å². The zero-order valence-electron chi connectivity index (χ0n) is 29.9. The van der Waals surface area contributed by atoms with Crippen LogP contribution in [0.15, 0.2) is 155 Å². The Balaban J connectivity index is 0.00000360. The number of benzene rings is 6. The molecule has 0 saturated carbocycles. The van der Waals surface area contributed by atoms with Gasteiger partial charge in [0.1, 0.15) is 32.6 Å². The van der Waals surface area contributed by atoms with Gasteiger partial charge in [-0.3, -0.25) is 9.11 Å². The third kappa shape index (κ3) is 10.6. The molecule has 6 aromatic rings. The molecule has 6 aromatic carbocycles. The Kier molecular flexibility index (Phi) is 14.4. The normalized spacial score (nSPS) is 12.3. The maximum absolute atomic E-state index is 12.4. The number of aliphatic hydroxyl groups is 1. The summed E-state index contributed by atoms with van der Waals surface area (Å²) in [5.41, 5.74) is 12.4. The molecular weight excluding hydrogens is 801 g/mol. The van der Waals surface area contributed by atoms with Gasteiger partial charge in [-0.1, -0.05) is 18.2 Å². The molecule has 0 aliphatic heterocycles. The van der Waals surface area contributed by atoms with Gasteiger partial charge in [-0.25, -0.2) is 4.99 Å². The summed E-state index contributed by atoms with van der Waals surface area (Å²) in [5.74, 6) is -1.25. The molecule has 0 aliphatic carbocycles. The number of aliphatic imine (C=N–C) groups is 1. The van der Waals surface area contributed by atoms with Crippen LogP contribution in [0.4, 0.5) is 51.2 Å². The number of azo groups is 3. The van der Waals surface area contributed by atoms with Crippen molar-refractivity contribution in [3.05, 3.63) is 115 Å². The molecule has 0 bridgehead atoms. The summed E-state index contributed by atoms with van der Waals surface area (Å²) in [7, 11) is -10.1. The van der Waals surface area contributed by atoms with E-state index in [4.69, 9.17) is 11.5 Å². The molecule has 0 atom stereocenters. The van der Waals surface area contributed by atoms with Crippen LogP contribution in [0.3, 0.4) is 0 Å². The van der Waals surface area contributed by atoms with Gasteiger partial charge < -0.3 is 26.8 Å². The molecule has 0 saturated heterocycles. The fourth-order valence-corrected chi connectivity index (χ4v) is 6.35. The first kappa shape index (κ1) is 44.6. The van der Waals surface area contributed by atoms with E-state index in [1.54, 1.807) is 42.5 Å². The number of fused-ring (bicyclic) bond motifs is 1. The number of nitrogens with zero attached hydrogens (tertiary/aromatic N) is 7. The summed E-state index contributed by atoms with van der Waals surface area (Å²) >= 11 is 0. The number of nitrogen functional groups attached to an aromatic ring is 2. The van der Waals surface area contributed by atoms with Crippen molar-refractivity contribution in [3.8, 4) is 11.5 Å². The third-order valence-electron chi connectivity index (χ3n) is 7.65. The molecule has 6 rings (SSSR count). The second-order valence-electron chi connectivity index (χ2n) is 11.4. The molecule has 0 aliphatic rings. The molecule has 0 spiro atoms. The summed E-state index contributed by atoms with van der Waals surface area (Å²) < 4.78 is 69.3. The average molecular weight is 828 g/mol. The van der Waals surface area contributed by atoms with Crippen LogP contribution in [0.2, 0.25) is 0 Å². The third-order valence-corrected chi connectivity index (χ3v) is 9.39. The molecule has 0 amide bonds. The van der Waals surface area contributed by atoms with Crippen molar-refractivity contribution in [3.63, 3.8) is 0 Å². The largest absolute Gasteiger partial charge is 0.508 e. The van der Waals surface area contributed by atoms with Gasteiger partial charge in [-0.2, -0.15) is 32.2 Å². The molecule has 0 fully saturated rings. The van der Waals surface area contributed by atoms with Crippen molar-refractivity contribution in [2.75, 3.05) is 11.5 Å². The number of nitrogens with two attached hydrogens (primary N) is 2. The van der Waals surface area contributed by atoms with Gasteiger partial charge in [0, 0.05) is 70.7 Å². The summed E-state index contributed by atoms with van der Waals surface area (Å²) in [6.45, 7) is 0. The Hall–Kier alpha value is -5.13. The van der Waals surface area contributed by atoms with Crippen LogP contribution in [-0.4, -0.2) is 106 Å². The van der Waals surface area contributed by atoms with Crippen molar-refractivity contribution in [2.45, 2.75) is 9.79 Å². The Morgan fingerprint density at radius 3 is 1.61 bits per heavy atom. The van der Waals surface area contributed by atoms with E-state index in [9.17, 15) is 41.3 Å². The second kappa shape index (κ2) is 18.4. The first-order valence-corrected chi connectivity index (χ1v) is 18.4. The summed E-state index contributed by atoms with van der Waals surface area (Å²) in [6.07, 6.45) is 0. The fraction of sp³-hybridized carbons (Fsp3) is 0. The van der Waals surface area contributed by atoms with Crippen LogP contribution < -0.4 is 11.5 Å². The van der Waals surface area contributed by atoms with Gasteiger partial charge >= 0.3 is 0 Å². The van der Waals surface area contributed by atoms with Gasteiger partial charge in [0.25, 0.3) is 20.2 Å². The monoisotopic (exact) mass is 827 g/mol. The molecule has 57 heavy (non-hydrogen) atoms. The molecule has 0 unspecified atom stereocenters. The van der Waals surface area contributed by atoms with Gasteiger partial charge in [-0.05, 0) is 90.3 Å². The van der Waals surface area contributed by atoms with Crippen LogP contribution in [0.5, 0.6) is 11.5 Å². The number of hydrogen-bond acceptors (Lipinski definition) is 15. The molecule has 2 radical (unpaired) electrons. The molecular formula is C35H27N9Na2O9S2. The van der Waals surface area contributed by atoms with Gasteiger partial charge in [0.2, 0.25) is 5.90 Å². The Labute approximate surface area is 368 Å². The second-order valence-corrected chi connectivity index (χ2v) is 14.2. The van der Waals surface area contributed by atoms with E-state index in [0.717, 1.165) is 12.1 Å². The quantitative estimate of drug-likeness (QED) is 0.0173. The van der Waals surface area contributed by atoms with Crippen LogP contribution in [0.1, 0.15) is 5.56 Å². The minimum absolute atomic E-state index is 0. The number of aliphatic hydroxyl groups excluding tert-OH is 1. The van der Waals surface area contributed by atoms with E-state index in [1.165, 1.54) is 54.6 Å². The van der Waals surface area contributed by atoms with E-state index in [-0.39, 0.29) is 104 Å². The average Bonchev–Trinajstić information content (AvgIpc) is 3.14. The predicted octanol–water partition coefficient (Wildman–Crippen LogP) is 8.03. The number of aromatic hydroxyl groups is 2. The molecule has 9 N–H and O–H groups in total. The Bertz CT molecular complexity index is 2810. The zero-order chi connectivity index (χ0) is 39.5. The standard InChI is InChI=1S/C35H27N9O9S2.2Na/c36-26-18-25(45)14-15-27(26)42-39-24-12-10-21(11-13-24)38-35(47)19-6-8-23(9-7-19)41-43-32-28(54(48,49)50)16-20-17-29(55(51,52)53)33(34(46)30(20)31(32)37)44-40-22-4-2-1-3-5-22;;/h1-18,45-46H,36-37H2,(H,38,47)(H,48,49,50)(H,51,52,53);;. The topological polar surface area (TPSA) is 308 Å². The van der Waals surface area contributed by atoms with Crippen molar-refractivity contribution in [1.29, 1.82) is 0 Å². The number of hydrogen-bond donors (Lipinski definition) is 7. The zero-order valence-corrected chi connectivity index (χ0v) is 35.5. The van der Waals surface area contributed by atoms with Crippen LogP contribution in [0, 0.1) is 0 Å². The maximum atomic E-state index is 12.4. The fourth-order valence-electron chi connectivity index (χ4n) is 5.02. The molecule has 280 valence electrons. The van der Waals surface area contributed by atoms with Crippen LogP contribution in [-0.2, 0) is 20.2 Å². The summed E-state index contributed by atoms with van der Waals surface area (Å²) in [4.78, 5) is 2.37. The molecule has 0 heterocycles. The number of rotatable bonds is 10. The van der Waals surface area contributed by atoms with Crippen molar-refractivity contribution in [2.24, 2.45) is 35.7 Å². The number of anilines is 2. The SMILES string of the molecule is Nc1cc(O)ccc1N=Nc1ccc(N=C(O)c2ccc(N=Nc3c(S(=O)(=O)O)cc4cc(S(=O)(=O)O)c(N=Nc5ccccc5)c(O)c4c3N)cc2)cc1.[Na].[Na]. The van der Waals surface area contributed by atoms with Gasteiger partial charge in [0.05, 0.1) is 39.5 Å². The minimum atomic E-state index is -5.08. The number of phenols is 2. The number of phenolic OH excluding ortho intramolecular Hbond substituents is 2. The first-order chi connectivity index (χ1) is 26.1. The molecule has 0 aromatic heterocycles. The van der Waals surface area contributed by atoms with Gasteiger partial charge in [0.15, 0.2) is 5.75 Å². The summed E-state index contributed by atoms with van der Waals surface area (Å²) in [5, 5.41) is 54.5. The molecule has 22 heteroatoms. The summed E-state index contributed by atoms with van der Waals surface area (Å²) in [6, 6.07) is 26.0. The van der Waals surface area contributed by atoms with E-state index in [1.807, 2.05) is 0 Å². The first-order valence-electron chi connectivity index (χ1n) is 15.5. The maximum Gasteiger partial charge on any atom is 0.296 e. The van der Waals surface area contributed by atoms with Gasteiger partial charge in [-0.15, -0.1) is 15.3 Å². The van der Waals surface area contributed by atoms with E-state index >= 15 is 0 Å². The van der Waals surface area contributed by atoms with Crippen molar-refractivity contribution >= 4 is 147 Å².